The van der Waals surface area contributed by atoms with Crippen molar-refractivity contribution in [2.75, 3.05) is 18.8 Å². The largest absolute Gasteiger partial charge is 0.346 e. The molecule has 0 aromatic carbocycles. The minimum absolute atomic E-state index is 0.0653. The standard InChI is InChI=1S/C33H49Cl2N5O7S/c1-5-15-36-28(43)25(41)21(17-19-11-12-19)37-27(42)24-23-20(33(23,34)35)18-40(24)29(44)26(31(2,3)4)38-30(45)39-32(13-7-6-8-14-32)22-10-9-16-48(22,46)47/h5,19-24,26H,1,6-18H2,2-4H3,(H,36,43)(H,37,42)(H2,38,39,45)/t20-,21-,22?,23-,24-,26+/m0/s1. The zero-order chi connectivity index (χ0) is 35.2. The van der Waals surface area contributed by atoms with E-state index in [2.05, 4.69) is 27.8 Å². The number of ketones is 1. The van der Waals surface area contributed by atoms with Gasteiger partial charge in [0, 0.05) is 24.9 Å². The molecule has 6 atom stereocenters. The highest BCUT2D eigenvalue weighted by atomic mass is 35.5. The zero-order valence-corrected chi connectivity index (χ0v) is 30.3. The zero-order valence-electron chi connectivity index (χ0n) is 28.0. The third kappa shape index (κ3) is 7.52. The molecule has 15 heteroatoms. The molecule has 3 aliphatic carbocycles. The van der Waals surface area contributed by atoms with E-state index in [0.29, 0.717) is 32.1 Å². The molecule has 4 N–H and O–H groups in total. The van der Waals surface area contributed by atoms with E-state index in [1.54, 1.807) is 20.8 Å². The molecule has 5 amide bonds. The summed E-state index contributed by atoms with van der Waals surface area (Å²) in [7, 11) is -3.38. The number of urea groups is 1. The average Bonchev–Trinajstić information content (AvgIpc) is 3.79. The molecule has 48 heavy (non-hydrogen) atoms. The van der Waals surface area contributed by atoms with Crippen molar-refractivity contribution >= 4 is 62.6 Å². The molecule has 0 spiro atoms. The molecule has 5 aliphatic rings. The van der Waals surface area contributed by atoms with Crippen molar-refractivity contribution in [2.24, 2.45) is 23.2 Å². The lowest BCUT2D eigenvalue weighted by atomic mass is 9.78. The first-order valence-electron chi connectivity index (χ1n) is 17.1. The summed E-state index contributed by atoms with van der Waals surface area (Å²) in [6.45, 7) is 9.07. The first-order valence-corrected chi connectivity index (χ1v) is 19.6. The SMILES string of the molecule is C=CCNC(=O)C(=O)[C@H](CC1CC1)NC(=O)[C@@H]1[C@@H]2[C@H](CN1C(=O)[C@@H](NC(=O)NC1(C3CCCS3(=O)=O)CCCCC1)C(C)(C)C)C2(Cl)Cl. The van der Waals surface area contributed by atoms with Crippen molar-refractivity contribution in [3.05, 3.63) is 12.7 Å². The molecule has 1 unspecified atom stereocenters. The summed E-state index contributed by atoms with van der Waals surface area (Å²) in [6.07, 6.45) is 8.15. The van der Waals surface area contributed by atoms with Crippen LogP contribution in [0, 0.1) is 23.2 Å². The van der Waals surface area contributed by atoms with Crippen LogP contribution in [0.25, 0.3) is 0 Å². The average molecular weight is 731 g/mol. The molecule has 0 aromatic rings. The molecule has 5 fully saturated rings. The number of carbonyl (C=O) groups excluding carboxylic acids is 5. The van der Waals surface area contributed by atoms with E-state index in [-0.39, 0.29) is 24.8 Å². The number of sulfone groups is 1. The van der Waals surface area contributed by atoms with E-state index in [9.17, 15) is 32.4 Å². The maximum atomic E-state index is 14.4. The van der Waals surface area contributed by atoms with Crippen molar-refractivity contribution in [1.29, 1.82) is 0 Å². The van der Waals surface area contributed by atoms with Crippen LogP contribution in [0.1, 0.15) is 85.0 Å². The van der Waals surface area contributed by atoms with Gasteiger partial charge in [0.15, 0.2) is 9.84 Å². The fourth-order valence-corrected chi connectivity index (χ4v) is 11.2. The lowest BCUT2D eigenvalue weighted by Gasteiger charge is -2.43. The van der Waals surface area contributed by atoms with Gasteiger partial charge in [0.2, 0.25) is 17.6 Å². The van der Waals surface area contributed by atoms with Gasteiger partial charge in [-0.2, -0.15) is 0 Å². The fourth-order valence-electron chi connectivity index (χ4n) is 8.05. The van der Waals surface area contributed by atoms with Crippen LogP contribution in [0.4, 0.5) is 4.79 Å². The molecule has 0 bridgehead atoms. The number of fused-ring (bicyclic) bond motifs is 1. The van der Waals surface area contributed by atoms with Crippen molar-refractivity contribution in [3.8, 4) is 0 Å². The van der Waals surface area contributed by atoms with Crippen molar-refractivity contribution in [3.63, 3.8) is 0 Å². The Morgan fingerprint density at radius 1 is 1.00 bits per heavy atom. The summed E-state index contributed by atoms with van der Waals surface area (Å²) < 4.78 is 24.8. The number of likely N-dealkylation sites (tertiary alicyclic amines) is 1. The molecular formula is C33H49Cl2N5O7S. The van der Waals surface area contributed by atoms with E-state index in [1.165, 1.54) is 11.0 Å². The highest BCUT2D eigenvalue weighted by molar-refractivity contribution is 7.92. The number of piperidine rings is 1. The Morgan fingerprint density at radius 2 is 1.67 bits per heavy atom. The number of carbonyl (C=O) groups is 5. The second-order valence-electron chi connectivity index (χ2n) is 15.5. The van der Waals surface area contributed by atoms with Crippen LogP contribution >= 0.6 is 23.2 Å². The first-order chi connectivity index (χ1) is 22.4. The maximum Gasteiger partial charge on any atom is 0.315 e. The number of nitrogens with one attached hydrogen (secondary N) is 4. The van der Waals surface area contributed by atoms with E-state index in [4.69, 9.17) is 23.2 Å². The van der Waals surface area contributed by atoms with Crippen LogP contribution in [-0.4, -0.2) is 94.9 Å². The second-order valence-corrected chi connectivity index (χ2v) is 19.2. The molecule has 2 saturated heterocycles. The van der Waals surface area contributed by atoms with Gasteiger partial charge in [-0.3, -0.25) is 19.2 Å². The first kappa shape index (κ1) is 36.9. The highest BCUT2D eigenvalue weighted by Crippen LogP contribution is 2.65. The Kier molecular flexibility index (Phi) is 10.6. The Hall–Kier alpha value is -2.38. The summed E-state index contributed by atoms with van der Waals surface area (Å²) in [5, 5.41) is 10.4. The monoisotopic (exact) mass is 729 g/mol. The maximum absolute atomic E-state index is 14.4. The van der Waals surface area contributed by atoms with Gasteiger partial charge < -0.3 is 26.2 Å². The van der Waals surface area contributed by atoms with E-state index in [0.717, 1.165) is 32.1 Å². The second kappa shape index (κ2) is 13.7. The van der Waals surface area contributed by atoms with Crippen LogP contribution in [0.15, 0.2) is 12.7 Å². The summed E-state index contributed by atoms with van der Waals surface area (Å²) in [4.78, 5) is 69.1. The molecule has 5 rings (SSSR count). The topological polar surface area (TPSA) is 171 Å². The predicted molar refractivity (Wildman–Crippen MR) is 182 cm³/mol. The molecule has 268 valence electrons. The molecular weight excluding hydrogens is 681 g/mol. The van der Waals surface area contributed by atoms with Gasteiger partial charge in [-0.25, -0.2) is 13.2 Å². The number of hydrogen-bond acceptors (Lipinski definition) is 7. The minimum atomic E-state index is -3.38. The van der Waals surface area contributed by atoms with Crippen LogP contribution in [0.5, 0.6) is 0 Å². The summed E-state index contributed by atoms with van der Waals surface area (Å²) in [5.74, 6) is -3.49. The quantitative estimate of drug-likeness (QED) is 0.136. The van der Waals surface area contributed by atoms with Gasteiger partial charge in [-0.15, -0.1) is 29.8 Å². The molecule has 2 aliphatic heterocycles. The molecule has 12 nitrogen and oxygen atoms in total. The van der Waals surface area contributed by atoms with Gasteiger partial charge in [0.25, 0.3) is 5.91 Å². The third-order valence-electron chi connectivity index (χ3n) is 10.9. The lowest BCUT2D eigenvalue weighted by molar-refractivity contribution is -0.144. The van der Waals surface area contributed by atoms with Crippen molar-refractivity contribution in [1.82, 2.24) is 26.2 Å². The van der Waals surface area contributed by atoms with Crippen LogP contribution < -0.4 is 21.3 Å². The van der Waals surface area contributed by atoms with Gasteiger partial charge in [-0.1, -0.05) is 59.0 Å². The van der Waals surface area contributed by atoms with Crippen LogP contribution in [0.3, 0.4) is 0 Å². The number of rotatable bonds is 12. The Balaban J connectivity index is 1.35. The smallest absolute Gasteiger partial charge is 0.315 e. The van der Waals surface area contributed by atoms with E-state index >= 15 is 0 Å². The van der Waals surface area contributed by atoms with Gasteiger partial charge >= 0.3 is 6.03 Å². The fraction of sp³-hybridized carbons (Fsp3) is 0.788. The Labute approximate surface area is 293 Å². The van der Waals surface area contributed by atoms with E-state index in [1.807, 2.05) is 0 Å². The molecule has 3 saturated carbocycles. The number of halogens is 2. The van der Waals surface area contributed by atoms with Gasteiger partial charge in [0.05, 0.1) is 22.6 Å². The Bertz CT molecular complexity index is 1440. The number of amides is 5. The highest BCUT2D eigenvalue weighted by Gasteiger charge is 2.74. The summed E-state index contributed by atoms with van der Waals surface area (Å²) in [5.41, 5.74) is -1.73. The third-order valence-corrected chi connectivity index (χ3v) is 14.3. The predicted octanol–water partition coefficient (Wildman–Crippen LogP) is 2.77. The lowest BCUT2D eigenvalue weighted by Crippen LogP contribution is -2.65. The van der Waals surface area contributed by atoms with E-state index < -0.39 is 89.9 Å². The van der Waals surface area contributed by atoms with Crippen molar-refractivity contribution < 1.29 is 32.4 Å². The van der Waals surface area contributed by atoms with Crippen LogP contribution in [-0.2, 0) is 29.0 Å². The van der Waals surface area contributed by atoms with Crippen LogP contribution in [0.2, 0.25) is 0 Å². The molecule has 0 aromatic heterocycles. The van der Waals surface area contributed by atoms with Crippen molar-refractivity contribution in [2.45, 2.75) is 118 Å². The van der Waals surface area contributed by atoms with Gasteiger partial charge in [0.1, 0.15) is 16.4 Å². The molecule has 0 radical (unpaired) electrons. The summed E-state index contributed by atoms with van der Waals surface area (Å²) >= 11 is 13.1. The molecule has 2 heterocycles. The van der Waals surface area contributed by atoms with Gasteiger partial charge in [-0.05, 0) is 43.4 Å². The number of alkyl halides is 2. The number of nitrogens with zero attached hydrogens (tertiary/aromatic N) is 1. The number of Topliss-reactive ketones (excluding diaryl/α,β-unsaturated/α-hetero) is 1. The Morgan fingerprint density at radius 3 is 2.23 bits per heavy atom. The summed E-state index contributed by atoms with van der Waals surface area (Å²) in [6, 6.07) is -3.96. The number of hydrogen-bond donors (Lipinski definition) is 4. The normalized spacial score (nSPS) is 29.5. The minimum Gasteiger partial charge on any atom is -0.346 e.